The van der Waals surface area contributed by atoms with Gasteiger partial charge in [-0.25, -0.2) is 9.97 Å². The van der Waals surface area contributed by atoms with E-state index in [1.165, 1.54) is 11.8 Å². The monoisotopic (exact) mass is 396 g/mol. The quantitative estimate of drug-likeness (QED) is 0.712. The van der Waals surface area contributed by atoms with E-state index in [0.717, 1.165) is 35.7 Å². The molecule has 0 radical (unpaired) electrons. The maximum atomic E-state index is 12.2. The highest BCUT2D eigenvalue weighted by Gasteiger charge is 2.34. The molecule has 2 aromatic heterocycles. The SMILES string of the molecule is O=C(NCCc1nccs1)[C@@H]1CC[C@H](C(=O)NCCc2nccs2)S1. The van der Waals surface area contributed by atoms with Crippen LogP contribution in [0.15, 0.2) is 23.2 Å². The molecule has 0 spiro atoms. The van der Waals surface area contributed by atoms with Crippen molar-refractivity contribution < 1.29 is 9.59 Å². The van der Waals surface area contributed by atoms with E-state index in [0.29, 0.717) is 13.1 Å². The average Bonchev–Trinajstić information content (AvgIpc) is 3.36. The lowest BCUT2D eigenvalue weighted by atomic mass is 10.2. The summed E-state index contributed by atoms with van der Waals surface area (Å²) in [6.45, 7) is 1.18. The van der Waals surface area contributed by atoms with Gasteiger partial charge in [0.05, 0.1) is 20.5 Å². The highest BCUT2D eigenvalue weighted by Crippen LogP contribution is 2.33. The molecule has 3 heterocycles. The summed E-state index contributed by atoms with van der Waals surface area (Å²) in [5.74, 6) is 0.0549. The summed E-state index contributed by atoms with van der Waals surface area (Å²) < 4.78 is 0. The van der Waals surface area contributed by atoms with Crippen LogP contribution in [0.1, 0.15) is 22.9 Å². The Kier molecular flexibility index (Phi) is 6.83. The molecule has 25 heavy (non-hydrogen) atoms. The maximum Gasteiger partial charge on any atom is 0.233 e. The van der Waals surface area contributed by atoms with Gasteiger partial charge in [0.15, 0.2) is 0 Å². The lowest BCUT2D eigenvalue weighted by Crippen LogP contribution is -2.35. The predicted molar refractivity (Wildman–Crippen MR) is 102 cm³/mol. The van der Waals surface area contributed by atoms with Crippen LogP contribution in [0.2, 0.25) is 0 Å². The number of hydrogen-bond acceptors (Lipinski definition) is 7. The molecule has 2 amide bonds. The number of amides is 2. The second-order valence-corrected chi connectivity index (χ2v) is 8.99. The van der Waals surface area contributed by atoms with E-state index < -0.39 is 0 Å². The molecule has 2 aromatic rings. The summed E-state index contributed by atoms with van der Waals surface area (Å²) in [4.78, 5) is 32.8. The van der Waals surface area contributed by atoms with Gasteiger partial charge in [-0.15, -0.1) is 34.4 Å². The van der Waals surface area contributed by atoms with Crippen LogP contribution in [0.5, 0.6) is 0 Å². The van der Waals surface area contributed by atoms with Crippen LogP contribution >= 0.6 is 34.4 Å². The minimum atomic E-state index is -0.133. The van der Waals surface area contributed by atoms with Crippen molar-refractivity contribution in [3.63, 3.8) is 0 Å². The Balaban J connectivity index is 1.34. The Morgan fingerprint density at radius 3 is 1.80 bits per heavy atom. The lowest BCUT2D eigenvalue weighted by Gasteiger charge is -2.12. The van der Waals surface area contributed by atoms with Gasteiger partial charge in [-0.1, -0.05) is 0 Å². The summed E-state index contributed by atoms with van der Waals surface area (Å²) in [5.41, 5.74) is 0. The second-order valence-electron chi connectivity index (χ2n) is 5.62. The molecular formula is C16H20N4O2S3. The number of carbonyl (C=O) groups excluding carboxylic acids is 2. The maximum absolute atomic E-state index is 12.2. The minimum Gasteiger partial charge on any atom is -0.355 e. The zero-order valence-electron chi connectivity index (χ0n) is 13.6. The van der Waals surface area contributed by atoms with E-state index in [1.807, 2.05) is 10.8 Å². The molecule has 0 aliphatic carbocycles. The smallest absolute Gasteiger partial charge is 0.233 e. The first-order chi connectivity index (χ1) is 12.2. The standard InChI is InChI=1S/C16H20N4O2S3/c21-15(19-5-3-13-17-7-9-23-13)11-1-2-12(25-11)16(22)20-6-4-14-18-8-10-24-14/h7-12H,1-6H2,(H,19,21)(H,20,22)/t11-,12+. The van der Waals surface area contributed by atoms with Crippen LogP contribution in [-0.2, 0) is 22.4 Å². The molecule has 0 aromatic carbocycles. The van der Waals surface area contributed by atoms with Gasteiger partial charge < -0.3 is 10.6 Å². The fraction of sp³-hybridized carbons (Fsp3) is 0.500. The van der Waals surface area contributed by atoms with Gasteiger partial charge in [0.25, 0.3) is 0 Å². The third kappa shape index (κ3) is 5.52. The molecule has 9 heteroatoms. The van der Waals surface area contributed by atoms with Crippen molar-refractivity contribution in [2.24, 2.45) is 0 Å². The molecule has 2 atom stereocenters. The van der Waals surface area contributed by atoms with Crippen molar-refractivity contribution in [2.75, 3.05) is 13.1 Å². The zero-order valence-corrected chi connectivity index (χ0v) is 16.1. The normalized spacial score (nSPS) is 19.7. The van der Waals surface area contributed by atoms with Gasteiger partial charge in [0.2, 0.25) is 11.8 Å². The molecule has 0 saturated carbocycles. The topological polar surface area (TPSA) is 84.0 Å². The van der Waals surface area contributed by atoms with Crippen molar-refractivity contribution >= 4 is 46.2 Å². The molecule has 0 bridgehead atoms. The predicted octanol–water partition coefficient (Wildman–Crippen LogP) is 1.88. The Hall–Kier alpha value is -1.45. The van der Waals surface area contributed by atoms with Crippen LogP contribution in [0.25, 0.3) is 0 Å². The first-order valence-electron chi connectivity index (χ1n) is 8.20. The molecule has 1 aliphatic rings. The van der Waals surface area contributed by atoms with Gasteiger partial charge in [-0.2, -0.15) is 0 Å². The fourth-order valence-corrected chi connectivity index (χ4v) is 5.18. The van der Waals surface area contributed by atoms with E-state index in [2.05, 4.69) is 20.6 Å². The molecule has 0 unspecified atom stereocenters. The summed E-state index contributed by atoms with van der Waals surface area (Å²) >= 11 is 4.66. The van der Waals surface area contributed by atoms with Crippen molar-refractivity contribution in [3.05, 3.63) is 33.2 Å². The number of thioether (sulfide) groups is 1. The van der Waals surface area contributed by atoms with Crippen LogP contribution in [0.4, 0.5) is 0 Å². The Labute approximate surface area is 158 Å². The van der Waals surface area contributed by atoms with Crippen molar-refractivity contribution in [2.45, 2.75) is 36.2 Å². The lowest BCUT2D eigenvalue weighted by molar-refractivity contribution is -0.121. The molecule has 2 N–H and O–H groups in total. The highest BCUT2D eigenvalue weighted by atomic mass is 32.2. The number of nitrogens with zero attached hydrogens (tertiary/aromatic N) is 2. The van der Waals surface area contributed by atoms with E-state index in [4.69, 9.17) is 0 Å². The Morgan fingerprint density at radius 1 is 0.920 bits per heavy atom. The van der Waals surface area contributed by atoms with Crippen LogP contribution in [0.3, 0.4) is 0 Å². The zero-order chi connectivity index (χ0) is 17.5. The van der Waals surface area contributed by atoms with E-state index in [9.17, 15) is 9.59 Å². The van der Waals surface area contributed by atoms with Crippen molar-refractivity contribution in [1.29, 1.82) is 0 Å². The molecule has 134 valence electrons. The third-order valence-electron chi connectivity index (χ3n) is 3.85. The minimum absolute atomic E-state index is 0.0274. The second kappa shape index (κ2) is 9.30. The van der Waals surface area contributed by atoms with Gasteiger partial charge in [-0.3, -0.25) is 9.59 Å². The molecule has 1 saturated heterocycles. The van der Waals surface area contributed by atoms with Crippen molar-refractivity contribution in [3.8, 4) is 0 Å². The fourth-order valence-electron chi connectivity index (χ4n) is 2.59. The van der Waals surface area contributed by atoms with Crippen LogP contribution in [0, 0.1) is 0 Å². The average molecular weight is 397 g/mol. The molecular weight excluding hydrogens is 376 g/mol. The van der Waals surface area contributed by atoms with Crippen molar-refractivity contribution in [1.82, 2.24) is 20.6 Å². The number of aromatic nitrogens is 2. The van der Waals surface area contributed by atoms with E-state index in [-0.39, 0.29) is 22.3 Å². The number of nitrogens with one attached hydrogen (secondary N) is 2. The summed E-state index contributed by atoms with van der Waals surface area (Å²) in [6, 6.07) is 0. The molecule has 3 rings (SSSR count). The Morgan fingerprint density at radius 2 is 1.40 bits per heavy atom. The summed E-state index contributed by atoms with van der Waals surface area (Å²) in [7, 11) is 0. The third-order valence-corrected chi connectivity index (χ3v) is 7.08. The van der Waals surface area contributed by atoms with Gasteiger partial charge in [0, 0.05) is 49.1 Å². The van der Waals surface area contributed by atoms with Gasteiger partial charge >= 0.3 is 0 Å². The molecule has 1 aliphatic heterocycles. The summed E-state index contributed by atoms with van der Waals surface area (Å²) in [6.07, 6.45) is 6.54. The van der Waals surface area contributed by atoms with E-state index >= 15 is 0 Å². The molecule has 6 nitrogen and oxygen atoms in total. The van der Waals surface area contributed by atoms with Gasteiger partial charge in [-0.05, 0) is 12.8 Å². The number of thiazole rings is 2. The highest BCUT2D eigenvalue weighted by molar-refractivity contribution is 8.02. The van der Waals surface area contributed by atoms with Gasteiger partial charge in [0.1, 0.15) is 0 Å². The Bertz CT molecular complexity index is 617. The number of carbonyl (C=O) groups is 2. The summed E-state index contributed by atoms with van der Waals surface area (Å²) in [5, 5.41) is 11.6. The largest absolute Gasteiger partial charge is 0.355 e. The van der Waals surface area contributed by atoms with Crippen LogP contribution in [-0.4, -0.2) is 45.4 Å². The molecule has 1 fully saturated rings. The first-order valence-corrected chi connectivity index (χ1v) is 10.9. The number of rotatable bonds is 8. The van der Waals surface area contributed by atoms with Crippen LogP contribution < -0.4 is 10.6 Å². The van der Waals surface area contributed by atoms with E-state index in [1.54, 1.807) is 35.1 Å². The number of hydrogen-bond donors (Lipinski definition) is 2. The first kappa shape index (κ1) is 18.3.